The van der Waals surface area contributed by atoms with Crippen molar-refractivity contribution in [1.82, 2.24) is 10.2 Å². The number of likely N-dealkylation sites (N-methyl/N-ethyl adjacent to an activating group) is 1. The summed E-state index contributed by atoms with van der Waals surface area (Å²) in [6.45, 7) is 2.25. The molecule has 138 valence electrons. The maximum atomic E-state index is 13.0. The molecule has 2 amide bonds. The Morgan fingerprint density at radius 1 is 1.12 bits per heavy atom. The van der Waals surface area contributed by atoms with Gasteiger partial charge in [0.1, 0.15) is 6.04 Å². The Morgan fingerprint density at radius 2 is 1.81 bits per heavy atom. The fourth-order valence-electron chi connectivity index (χ4n) is 2.80. The number of nitrogens with zero attached hydrogens (tertiary/aromatic N) is 1. The van der Waals surface area contributed by atoms with Gasteiger partial charge in [-0.2, -0.15) is 0 Å². The smallest absolute Gasteiger partial charge is 0.242 e. The summed E-state index contributed by atoms with van der Waals surface area (Å²) in [6, 6.07) is 14.1. The van der Waals surface area contributed by atoms with Gasteiger partial charge in [-0.25, -0.2) is 0 Å². The van der Waals surface area contributed by atoms with Crippen LogP contribution in [0.5, 0.6) is 0 Å². The molecule has 0 aliphatic rings. The van der Waals surface area contributed by atoms with Crippen molar-refractivity contribution in [2.75, 3.05) is 7.05 Å². The molecule has 0 heterocycles. The van der Waals surface area contributed by atoms with Gasteiger partial charge in [0.15, 0.2) is 0 Å². The molecule has 26 heavy (non-hydrogen) atoms. The van der Waals surface area contributed by atoms with Gasteiger partial charge in [0, 0.05) is 23.6 Å². The number of hydrogen-bond donors (Lipinski definition) is 1. The number of halogens is 2. The van der Waals surface area contributed by atoms with Crippen LogP contribution >= 0.6 is 23.2 Å². The highest BCUT2D eigenvalue weighted by Crippen LogP contribution is 2.23. The van der Waals surface area contributed by atoms with Gasteiger partial charge in [-0.3, -0.25) is 9.59 Å². The van der Waals surface area contributed by atoms with Crippen LogP contribution in [0.15, 0.2) is 48.5 Å². The second kappa shape index (κ2) is 9.60. The molecule has 0 bridgehead atoms. The van der Waals surface area contributed by atoms with Crippen molar-refractivity contribution in [1.29, 1.82) is 0 Å². The van der Waals surface area contributed by atoms with Gasteiger partial charge in [-0.15, -0.1) is 0 Å². The molecule has 0 spiro atoms. The summed E-state index contributed by atoms with van der Waals surface area (Å²) in [4.78, 5) is 26.9. The van der Waals surface area contributed by atoms with Gasteiger partial charge in [0.25, 0.3) is 0 Å². The molecular formula is C20H22Cl2N2O2. The van der Waals surface area contributed by atoms with Gasteiger partial charge in [0.2, 0.25) is 11.8 Å². The van der Waals surface area contributed by atoms with Gasteiger partial charge < -0.3 is 10.2 Å². The number of nitrogens with one attached hydrogen (secondary N) is 1. The predicted octanol–water partition coefficient (Wildman–Crippen LogP) is 4.09. The topological polar surface area (TPSA) is 49.4 Å². The summed E-state index contributed by atoms with van der Waals surface area (Å²) in [6.07, 6.45) is 0.628. The lowest BCUT2D eigenvalue weighted by molar-refractivity contribution is -0.140. The van der Waals surface area contributed by atoms with Crippen LogP contribution in [0.4, 0.5) is 0 Å². The number of carbonyl (C=O) groups is 2. The van der Waals surface area contributed by atoms with E-state index < -0.39 is 6.04 Å². The Hall–Kier alpha value is -2.04. The van der Waals surface area contributed by atoms with Gasteiger partial charge in [-0.05, 0) is 29.7 Å². The predicted molar refractivity (Wildman–Crippen MR) is 105 cm³/mol. The molecule has 1 atom stereocenters. The first-order chi connectivity index (χ1) is 12.5. The second-order valence-electron chi connectivity index (χ2n) is 5.96. The van der Waals surface area contributed by atoms with E-state index in [2.05, 4.69) is 5.32 Å². The Balaban J connectivity index is 2.28. The van der Waals surface area contributed by atoms with Crippen molar-refractivity contribution in [3.63, 3.8) is 0 Å². The van der Waals surface area contributed by atoms with E-state index in [0.717, 1.165) is 5.56 Å². The number of benzene rings is 2. The highest BCUT2D eigenvalue weighted by molar-refractivity contribution is 6.35. The van der Waals surface area contributed by atoms with E-state index in [-0.39, 0.29) is 18.2 Å². The van der Waals surface area contributed by atoms with Gasteiger partial charge in [0.05, 0.1) is 6.42 Å². The third kappa shape index (κ3) is 5.23. The average Bonchev–Trinajstić information content (AvgIpc) is 2.64. The molecule has 0 fully saturated rings. The summed E-state index contributed by atoms with van der Waals surface area (Å²) >= 11 is 12.1. The quantitative estimate of drug-likeness (QED) is 0.771. The lowest BCUT2D eigenvalue weighted by Gasteiger charge is -2.30. The summed E-state index contributed by atoms with van der Waals surface area (Å²) < 4.78 is 0. The Bertz CT molecular complexity index is 766. The number of amides is 2. The van der Waals surface area contributed by atoms with Crippen molar-refractivity contribution in [2.45, 2.75) is 32.4 Å². The first-order valence-electron chi connectivity index (χ1n) is 8.45. The molecule has 0 aliphatic carbocycles. The summed E-state index contributed by atoms with van der Waals surface area (Å²) in [5, 5.41) is 3.60. The van der Waals surface area contributed by atoms with Crippen molar-refractivity contribution in [2.24, 2.45) is 0 Å². The lowest BCUT2D eigenvalue weighted by atomic mass is 10.1. The molecular weight excluding hydrogens is 371 g/mol. The third-order valence-electron chi connectivity index (χ3n) is 4.18. The Kier molecular flexibility index (Phi) is 7.49. The molecule has 2 rings (SSSR count). The molecule has 2 aromatic carbocycles. The SMILES string of the molecule is CCC(C(=O)NC)N(Cc1ccccc1)C(=O)Cc1ccc(Cl)cc1Cl. The zero-order chi connectivity index (χ0) is 19.1. The van der Waals surface area contributed by atoms with E-state index in [9.17, 15) is 9.59 Å². The Labute approximate surface area is 164 Å². The minimum atomic E-state index is -0.543. The standard InChI is InChI=1S/C20H22Cl2N2O2/c1-3-18(20(26)23-2)24(13-14-7-5-4-6-8-14)19(25)11-15-9-10-16(21)12-17(15)22/h4-10,12,18H,3,11,13H2,1-2H3,(H,23,26). The van der Waals surface area contributed by atoms with E-state index >= 15 is 0 Å². The molecule has 0 aromatic heterocycles. The van der Waals surface area contributed by atoms with Crippen LogP contribution in [0, 0.1) is 0 Å². The Morgan fingerprint density at radius 3 is 2.38 bits per heavy atom. The van der Waals surface area contributed by atoms with Crippen molar-refractivity contribution >= 4 is 35.0 Å². The molecule has 0 aliphatic heterocycles. The molecule has 0 saturated carbocycles. The number of carbonyl (C=O) groups excluding carboxylic acids is 2. The van der Waals surface area contributed by atoms with E-state index in [1.165, 1.54) is 0 Å². The van der Waals surface area contributed by atoms with Crippen LogP contribution in [-0.4, -0.2) is 29.8 Å². The van der Waals surface area contributed by atoms with Crippen molar-refractivity contribution in [3.8, 4) is 0 Å². The number of hydrogen-bond acceptors (Lipinski definition) is 2. The zero-order valence-corrected chi connectivity index (χ0v) is 16.3. The van der Waals surface area contributed by atoms with Crippen LogP contribution in [0.25, 0.3) is 0 Å². The summed E-state index contributed by atoms with van der Waals surface area (Å²) in [5.74, 6) is -0.340. The third-order valence-corrected chi connectivity index (χ3v) is 4.77. The normalized spacial score (nSPS) is 11.7. The second-order valence-corrected chi connectivity index (χ2v) is 6.80. The molecule has 0 radical (unpaired) electrons. The summed E-state index contributed by atoms with van der Waals surface area (Å²) in [5.41, 5.74) is 1.65. The van der Waals surface area contributed by atoms with Crippen LogP contribution in [-0.2, 0) is 22.6 Å². The van der Waals surface area contributed by atoms with E-state index in [1.807, 2.05) is 37.3 Å². The highest BCUT2D eigenvalue weighted by atomic mass is 35.5. The molecule has 6 heteroatoms. The molecule has 4 nitrogen and oxygen atoms in total. The average molecular weight is 393 g/mol. The van der Waals surface area contributed by atoms with E-state index in [4.69, 9.17) is 23.2 Å². The fourth-order valence-corrected chi connectivity index (χ4v) is 3.27. The van der Waals surface area contributed by atoms with E-state index in [1.54, 1.807) is 30.1 Å². The van der Waals surface area contributed by atoms with Gasteiger partial charge >= 0.3 is 0 Å². The van der Waals surface area contributed by atoms with E-state index in [0.29, 0.717) is 28.6 Å². The highest BCUT2D eigenvalue weighted by Gasteiger charge is 2.28. The van der Waals surface area contributed by atoms with Crippen LogP contribution in [0.1, 0.15) is 24.5 Å². The minimum Gasteiger partial charge on any atom is -0.357 e. The maximum Gasteiger partial charge on any atom is 0.242 e. The van der Waals surface area contributed by atoms with Crippen LogP contribution < -0.4 is 5.32 Å². The first kappa shape index (κ1) is 20.3. The number of rotatable bonds is 7. The van der Waals surface area contributed by atoms with Crippen LogP contribution in [0.2, 0.25) is 10.0 Å². The lowest BCUT2D eigenvalue weighted by Crippen LogP contribution is -2.48. The fraction of sp³-hybridized carbons (Fsp3) is 0.300. The van der Waals surface area contributed by atoms with Crippen LogP contribution in [0.3, 0.4) is 0 Å². The molecule has 0 saturated heterocycles. The largest absolute Gasteiger partial charge is 0.357 e. The minimum absolute atomic E-state index is 0.107. The monoisotopic (exact) mass is 392 g/mol. The molecule has 1 N–H and O–H groups in total. The molecule has 2 aromatic rings. The summed E-state index contributed by atoms with van der Waals surface area (Å²) in [7, 11) is 1.58. The molecule has 1 unspecified atom stereocenters. The van der Waals surface area contributed by atoms with Crippen molar-refractivity contribution in [3.05, 3.63) is 69.7 Å². The zero-order valence-electron chi connectivity index (χ0n) is 14.8. The van der Waals surface area contributed by atoms with Crippen molar-refractivity contribution < 1.29 is 9.59 Å². The van der Waals surface area contributed by atoms with Gasteiger partial charge in [-0.1, -0.05) is 66.5 Å². The first-order valence-corrected chi connectivity index (χ1v) is 9.20. The maximum absolute atomic E-state index is 13.0.